The highest BCUT2D eigenvalue weighted by molar-refractivity contribution is 5.57. The van der Waals surface area contributed by atoms with Gasteiger partial charge < -0.3 is 9.47 Å². The molecule has 7 heteroatoms. The summed E-state index contributed by atoms with van der Waals surface area (Å²) < 4.78 is 12.6. The third-order valence-electron chi connectivity index (χ3n) is 4.39. The van der Waals surface area contributed by atoms with E-state index in [1.54, 1.807) is 20.5 Å². The Labute approximate surface area is 142 Å². The molecule has 0 amide bonds. The molecule has 2 aromatic heterocycles. The van der Waals surface area contributed by atoms with E-state index in [4.69, 9.17) is 14.5 Å². The Morgan fingerprint density at radius 1 is 1.12 bits per heavy atom. The van der Waals surface area contributed by atoms with Crippen LogP contribution in [0.25, 0.3) is 11.5 Å². The Balaban J connectivity index is 2.09. The zero-order chi connectivity index (χ0) is 16.9. The van der Waals surface area contributed by atoms with Gasteiger partial charge in [0, 0.05) is 31.9 Å². The minimum Gasteiger partial charge on any atom is -0.382 e. The zero-order valence-corrected chi connectivity index (χ0v) is 14.7. The summed E-state index contributed by atoms with van der Waals surface area (Å²) in [5, 5.41) is 4.68. The Kier molecular flexibility index (Phi) is 5.52. The van der Waals surface area contributed by atoms with Gasteiger partial charge in [-0.1, -0.05) is 6.92 Å². The van der Waals surface area contributed by atoms with Crippen LogP contribution in [0.1, 0.15) is 42.9 Å². The molecule has 2 heterocycles. The van der Waals surface area contributed by atoms with Gasteiger partial charge in [0.25, 0.3) is 0 Å². The van der Waals surface area contributed by atoms with Gasteiger partial charge in [0.05, 0.1) is 13.2 Å². The summed E-state index contributed by atoms with van der Waals surface area (Å²) in [6.07, 6.45) is 6.79. The quantitative estimate of drug-likeness (QED) is 0.772. The first-order valence-electron chi connectivity index (χ1n) is 8.54. The average Bonchev–Trinajstić information content (AvgIpc) is 3.05. The molecule has 0 atom stereocenters. The Hall–Kier alpha value is -1.86. The molecular formula is C17H25N5O2. The Morgan fingerprint density at radius 3 is 2.58 bits per heavy atom. The van der Waals surface area contributed by atoms with Gasteiger partial charge in [0.1, 0.15) is 18.1 Å². The molecule has 0 radical (unpaired) electrons. The van der Waals surface area contributed by atoms with Crippen molar-refractivity contribution in [1.82, 2.24) is 24.7 Å². The van der Waals surface area contributed by atoms with Gasteiger partial charge in [-0.3, -0.25) is 0 Å². The number of aromatic nitrogens is 5. The van der Waals surface area contributed by atoms with Crippen LogP contribution in [0.3, 0.4) is 0 Å². The van der Waals surface area contributed by atoms with E-state index in [1.165, 1.54) is 18.4 Å². The lowest BCUT2D eigenvalue weighted by Crippen LogP contribution is -2.22. The van der Waals surface area contributed by atoms with Crippen LogP contribution in [0.5, 0.6) is 0 Å². The fourth-order valence-corrected chi connectivity index (χ4v) is 3.22. The lowest BCUT2D eigenvalue weighted by Gasteiger charge is -2.20. The van der Waals surface area contributed by atoms with Crippen molar-refractivity contribution in [2.45, 2.75) is 45.1 Å². The first-order chi connectivity index (χ1) is 11.8. The molecule has 0 aromatic carbocycles. The first-order valence-corrected chi connectivity index (χ1v) is 8.54. The van der Waals surface area contributed by atoms with Crippen molar-refractivity contribution in [3.63, 3.8) is 0 Å². The summed E-state index contributed by atoms with van der Waals surface area (Å²) in [4.78, 5) is 13.8. The normalized spacial score (nSPS) is 14.2. The molecule has 0 unspecified atom stereocenters. The van der Waals surface area contributed by atoms with Gasteiger partial charge in [-0.15, -0.1) is 0 Å². The van der Waals surface area contributed by atoms with Crippen molar-refractivity contribution in [3.8, 4) is 11.5 Å². The highest BCUT2D eigenvalue weighted by Gasteiger charge is 2.24. The molecule has 0 saturated heterocycles. The van der Waals surface area contributed by atoms with Crippen LogP contribution in [0.15, 0.2) is 6.33 Å². The zero-order valence-electron chi connectivity index (χ0n) is 14.7. The van der Waals surface area contributed by atoms with Crippen molar-refractivity contribution in [2.75, 3.05) is 27.4 Å². The molecular weight excluding hydrogens is 306 g/mol. The fraction of sp³-hybridized carbons (Fsp3) is 0.647. The summed E-state index contributed by atoms with van der Waals surface area (Å²) in [6, 6.07) is -0.0306. The molecule has 130 valence electrons. The summed E-state index contributed by atoms with van der Waals surface area (Å²) in [6.45, 7) is 3.09. The molecule has 0 aliphatic heterocycles. The molecule has 0 bridgehead atoms. The molecule has 24 heavy (non-hydrogen) atoms. The molecule has 0 N–H and O–H groups in total. The monoisotopic (exact) mass is 331 g/mol. The summed E-state index contributed by atoms with van der Waals surface area (Å²) in [5.74, 6) is 1.61. The minimum atomic E-state index is -0.0306. The van der Waals surface area contributed by atoms with Crippen molar-refractivity contribution >= 4 is 0 Å². The largest absolute Gasteiger partial charge is 0.382 e. The smallest absolute Gasteiger partial charge is 0.177 e. The number of ether oxygens (including phenoxy) is 2. The number of nitrogens with zero attached hydrogens (tertiary/aromatic N) is 5. The number of hydrogen-bond donors (Lipinski definition) is 0. The predicted octanol–water partition coefficient (Wildman–Crippen LogP) is 2.01. The standard InChI is InChI=1S/C17H25N5O2/c1-4-15-20-17(22(21-15)12(9-23-2)10-24-3)16-13-7-5-6-8-14(13)18-11-19-16/h11-12H,4-10H2,1-3H3. The van der Waals surface area contributed by atoms with Gasteiger partial charge in [0.15, 0.2) is 11.6 Å². The maximum absolute atomic E-state index is 5.36. The third kappa shape index (κ3) is 3.32. The first kappa shape index (κ1) is 17.0. The molecule has 0 saturated carbocycles. The van der Waals surface area contributed by atoms with Crippen LogP contribution in [0, 0.1) is 0 Å². The summed E-state index contributed by atoms with van der Waals surface area (Å²) >= 11 is 0. The van der Waals surface area contributed by atoms with Gasteiger partial charge in [-0.05, 0) is 25.7 Å². The van der Waals surface area contributed by atoms with E-state index in [1.807, 2.05) is 4.68 Å². The second-order valence-electron chi connectivity index (χ2n) is 6.07. The molecule has 0 fully saturated rings. The molecule has 1 aliphatic rings. The van der Waals surface area contributed by atoms with Crippen molar-refractivity contribution < 1.29 is 9.47 Å². The number of fused-ring (bicyclic) bond motifs is 1. The Morgan fingerprint density at radius 2 is 1.88 bits per heavy atom. The number of aryl methyl sites for hydroxylation is 2. The van der Waals surface area contributed by atoms with Gasteiger partial charge >= 0.3 is 0 Å². The average molecular weight is 331 g/mol. The molecule has 2 aromatic rings. The topological polar surface area (TPSA) is 75.0 Å². The van der Waals surface area contributed by atoms with E-state index in [0.717, 1.165) is 42.3 Å². The van der Waals surface area contributed by atoms with Crippen molar-refractivity contribution in [3.05, 3.63) is 23.4 Å². The maximum Gasteiger partial charge on any atom is 0.177 e. The number of methoxy groups -OCH3 is 2. The number of hydrogen-bond acceptors (Lipinski definition) is 6. The highest BCUT2D eigenvalue weighted by Crippen LogP contribution is 2.29. The SMILES string of the molecule is CCc1nc(-c2ncnc3c2CCCC3)n(C(COC)COC)n1. The van der Waals surface area contributed by atoms with Crippen LogP contribution in [0.2, 0.25) is 0 Å². The molecule has 3 rings (SSSR count). The van der Waals surface area contributed by atoms with E-state index in [0.29, 0.717) is 13.2 Å². The minimum absolute atomic E-state index is 0.0306. The predicted molar refractivity (Wildman–Crippen MR) is 89.9 cm³/mol. The molecule has 7 nitrogen and oxygen atoms in total. The highest BCUT2D eigenvalue weighted by atomic mass is 16.5. The lowest BCUT2D eigenvalue weighted by atomic mass is 9.94. The van der Waals surface area contributed by atoms with Gasteiger partial charge in [0.2, 0.25) is 0 Å². The van der Waals surface area contributed by atoms with Crippen LogP contribution in [0.4, 0.5) is 0 Å². The van der Waals surface area contributed by atoms with Crippen LogP contribution in [-0.4, -0.2) is 52.2 Å². The van der Waals surface area contributed by atoms with E-state index in [-0.39, 0.29) is 6.04 Å². The summed E-state index contributed by atoms with van der Waals surface area (Å²) in [5.41, 5.74) is 3.27. The van der Waals surface area contributed by atoms with Crippen LogP contribution in [-0.2, 0) is 28.7 Å². The van der Waals surface area contributed by atoms with E-state index >= 15 is 0 Å². The second-order valence-corrected chi connectivity index (χ2v) is 6.07. The third-order valence-corrected chi connectivity index (χ3v) is 4.39. The van der Waals surface area contributed by atoms with E-state index in [9.17, 15) is 0 Å². The molecule has 1 aliphatic carbocycles. The number of rotatable bonds is 7. The summed E-state index contributed by atoms with van der Waals surface area (Å²) in [7, 11) is 3.37. The van der Waals surface area contributed by atoms with E-state index in [2.05, 4.69) is 22.0 Å². The van der Waals surface area contributed by atoms with Crippen molar-refractivity contribution in [2.24, 2.45) is 0 Å². The Bertz CT molecular complexity index is 680. The maximum atomic E-state index is 5.36. The van der Waals surface area contributed by atoms with E-state index < -0.39 is 0 Å². The van der Waals surface area contributed by atoms with Crippen LogP contribution >= 0.6 is 0 Å². The van der Waals surface area contributed by atoms with Gasteiger partial charge in [-0.2, -0.15) is 5.10 Å². The molecule has 0 spiro atoms. The van der Waals surface area contributed by atoms with Crippen molar-refractivity contribution in [1.29, 1.82) is 0 Å². The lowest BCUT2D eigenvalue weighted by molar-refractivity contribution is 0.0843. The van der Waals surface area contributed by atoms with Gasteiger partial charge in [-0.25, -0.2) is 19.6 Å². The fourth-order valence-electron chi connectivity index (χ4n) is 3.22. The second kappa shape index (κ2) is 7.81. The van der Waals surface area contributed by atoms with Crippen LogP contribution < -0.4 is 0 Å².